The van der Waals surface area contributed by atoms with Gasteiger partial charge >= 0.3 is 0 Å². The van der Waals surface area contributed by atoms with Crippen LogP contribution in [0.25, 0.3) is 5.52 Å². The Bertz CT molecular complexity index is 587. The molecule has 2 aromatic heterocycles. The largest absolute Gasteiger partial charge is 0.399 e. The monoisotopic (exact) mass is 272 g/mol. The standard InChI is InChI=1S/C16H24N4/c1-12(2)19-7-4-3-5-14(19)10-16-18-11-15-9-13(17)6-8-20(15)16/h6,8-9,11-12,14H,3-5,7,10,17H2,1-2H3. The van der Waals surface area contributed by atoms with Crippen molar-refractivity contribution in [2.45, 2.75) is 51.6 Å². The van der Waals surface area contributed by atoms with Gasteiger partial charge in [0.25, 0.3) is 0 Å². The number of likely N-dealkylation sites (tertiary alicyclic amines) is 1. The molecule has 2 aromatic rings. The fourth-order valence-corrected chi connectivity index (χ4v) is 3.36. The molecule has 20 heavy (non-hydrogen) atoms. The van der Waals surface area contributed by atoms with Gasteiger partial charge in [-0.2, -0.15) is 0 Å². The number of anilines is 1. The van der Waals surface area contributed by atoms with E-state index in [4.69, 9.17) is 5.73 Å². The van der Waals surface area contributed by atoms with Gasteiger partial charge in [0.1, 0.15) is 5.82 Å². The Kier molecular flexibility index (Phi) is 3.66. The lowest BCUT2D eigenvalue weighted by molar-refractivity contribution is 0.110. The highest BCUT2D eigenvalue weighted by Gasteiger charge is 2.25. The molecule has 1 aliphatic rings. The van der Waals surface area contributed by atoms with E-state index in [1.54, 1.807) is 0 Å². The summed E-state index contributed by atoms with van der Waals surface area (Å²) in [4.78, 5) is 7.23. The summed E-state index contributed by atoms with van der Waals surface area (Å²) in [5.41, 5.74) is 7.72. The predicted molar refractivity (Wildman–Crippen MR) is 82.8 cm³/mol. The molecule has 0 saturated carbocycles. The molecule has 1 atom stereocenters. The van der Waals surface area contributed by atoms with Crippen LogP contribution in [0.15, 0.2) is 24.5 Å². The van der Waals surface area contributed by atoms with Crippen molar-refractivity contribution in [3.8, 4) is 0 Å². The quantitative estimate of drug-likeness (QED) is 0.934. The van der Waals surface area contributed by atoms with Crippen molar-refractivity contribution in [2.24, 2.45) is 0 Å². The minimum Gasteiger partial charge on any atom is -0.399 e. The topological polar surface area (TPSA) is 46.6 Å². The molecule has 1 unspecified atom stereocenters. The van der Waals surface area contributed by atoms with Gasteiger partial charge in [-0.1, -0.05) is 6.42 Å². The van der Waals surface area contributed by atoms with Crippen LogP contribution in [0.5, 0.6) is 0 Å². The van der Waals surface area contributed by atoms with Gasteiger partial charge in [-0.05, 0) is 45.4 Å². The van der Waals surface area contributed by atoms with E-state index in [9.17, 15) is 0 Å². The molecule has 1 aliphatic heterocycles. The van der Waals surface area contributed by atoms with Crippen LogP contribution in [-0.2, 0) is 6.42 Å². The molecule has 3 rings (SSSR count). The average molecular weight is 272 g/mol. The molecule has 4 nitrogen and oxygen atoms in total. The molecule has 1 fully saturated rings. The molecule has 0 spiro atoms. The summed E-state index contributed by atoms with van der Waals surface area (Å²) in [5.74, 6) is 1.15. The first kappa shape index (κ1) is 13.4. The Morgan fingerprint density at radius 1 is 1.40 bits per heavy atom. The highest BCUT2D eigenvalue weighted by Crippen LogP contribution is 2.23. The first-order chi connectivity index (χ1) is 9.65. The molecule has 108 valence electrons. The molecule has 2 N–H and O–H groups in total. The lowest BCUT2D eigenvalue weighted by atomic mass is 9.97. The Hall–Kier alpha value is -1.55. The van der Waals surface area contributed by atoms with Gasteiger partial charge in [-0.25, -0.2) is 4.98 Å². The van der Waals surface area contributed by atoms with Crippen molar-refractivity contribution < 1.29 is 0 Å². The Labute approximate surface area is 120 Å². The maximum atomic E-state index is 5.83. The third-order valence-corrected chi connectivity index (χ3v) is 4.39. The third-order valence-electron chi connectivity index (χ3n) is 4.39. The first-order valence-corrected chi connectivity index (χ1v) is 7.62. The molecule has 4 heteroatoms. The van der Waals surface area contributed by atoms with Crippen molar-refractivity contribution >= 4 is 11.2 Å². The number of hydrogen-bond acceptors (Lipinski definition) is 3. The van der Waals surface area contributed by atoms with Gasteiger partial charge in [-0.3, -0.25) is 4.90 Å². The number of aromatic nitrogens is 2. The van der Waals surface area contributed by atoms with Gasteiger partial charge in [0.15, 0.2) is 0 Å². The second-order valence-electron chi connectivity index (χ2n) is 6.11. The van der Waals surface area contributed by atoms with Gasteiger partial charge in [0.2, 0.25) is 0 Å². The number of hydrogen-bond donors (Lipinski definition) is 1. The van der Waals surface area contributed by atoms with Crippen molar-refractivity contribution in [3.63, 3.8) is 0 Å². The van der Waals surface area contributed by atoms with Crippen molar-refractivity contribution in [1.29, 1.82) is 0 Å². The molecule has 3 heterocycles. The van der Waals surface area contributed by atoms with E-state index in [1.807, 2.05) is 24.5 Å². The molecule has 0 bridgehead atoms. The van der Waals surface area contributed by atoms with Crippen molar-refractivity contribution in [3.05, 3.63) is 30.4 Å². The van der Waals surface area contributed by atoms with E-state index in [0.29, 0.717) is 12.1 Å². The summed E-state index contributed by atoms with van der Waals surface area (Å²) < 4.78 is 2.17. The fourth-order valence-electron chi connectivity index (χ4n) is 3.36. The second-order valence-corrected chi connectivity index (χ2v) is 6.11. The van der Waals surface area contributed by atoms with Gasteiger partial charge in [0, 0.05) is 30.4 Å². The van der Waals surface area contributed by atoms with Crippen LogP contribution in [0.4, 0.5) is 5.69 Å². The van der Waals surface area contributed by atoms with Crippen LogP contribution in [0, 0.1) is 0 Å². The fraction of sp³-hybridized carbons (Fsp3) is 0.562. The number of rotatable bonds is 3. The smallest absolute Gasteiger partial charge is 0.114 e. The molecule has 0 radical (unpaired) electrons. The van der Waals surface area contributed by atoms with E-state index in [2.05, 4.69) is 28.1 Å². The van der Waals surface area contributed by atoms with Crippen molar-refractivity contribution in [1.82, 2.24) is 14.3 Å². The van der Waals surface area contributed by atoms with E-state index < -0.39 is 0 Å². The molecule has 0 amide bonds. The minimum atomic E-state index is 0.613. The molecule has 0 aromatic carbocycles. The van der Waals surface area contributed by atoms with Crippen LogP contribution in [0.2, 0.25) is 0 Å². The molecule has 0 aliphatic carbocycles. The number of nitrogen functional groups attached to an aromatic ring is 1. The lowest BCUT2D eigenvalue weighted by Crippen LogP contribution is -2.45. The van der Waals surface area contributed by atoms with E-state index in [-0.39, 0.29) is 0 Å². The first-order valence-electron chi connectivity index (χ1n) is 7.62. The second kappa shape index (κ2) is 5.44. The van der Waals surface area contributed by atoms with Gasteiger partial charge < -0.3 is 10.1 Å². The highest BCUT2D eigenvalue weighted by atomic mass is 15.2. The van der Waals surface area contributed by atoms with E-state index >= 15 is 0 Å². The summed E-state index contributed by atoms with van der Waals surface area (Å²) in [5, 5.41) is 0. The Balaban J connectivity index is 1.84. The average Bonchev–Trinajstić information content (AvgIpc) is 2.81. The van der Waals surface area contributed by atoms with Crippen LogP contribution in [-0.4, -0.2) is 32.9 Å². The number of piperidine rings is 1. The third kappa shape index (κ3) is 2.52. The zero-order valence-electron chi connectivity index (χ0n) is 12.4. The van der Waals surface area contributed by atoms with E-state index in [0.717, 1.165) is 23.4 Å². The zero-order valence-corrected chi connectivity index (χ0v) is 12.4. The predicted octanol–water partition coefficient (Wildman–Crippen LogP) is 2.72. The summed E-state index contributed by atoms with van der Waals surface area (Å²) in [6, 6.07) is 5.16. The molecule has 1 saturated heterocycles. The number of nitrogens with zero attached hydrogens (tertiary/aromatic N) is 3. The highest BCUT2D eigenvalue weighted by molar-refractivity contribution is 5.55. The normalized spacial score (nSPS) is 20.9. The maximum Gasteiger partial charge on any atom is 0.114 e. The summed E-state index contributed by atoms with van der Waals surface area (Å²) >= 11 is 0. The van der Waals surface area contributed by atoms with Gasteiger partial charge in [-0.15, -0.1) is 0 Å². The lowest BCUT2D eigenvalue weighted by Gasteiger charge is -2.38. The number of nitrogens with two attached hydrogens (primary N) is 1. The SMILES string of the molecule is CC(C)N1CCCCC1Cc1ncc2cc(N)ccn12. The molecular weight excluding hydrogens is 248 g/mol. The van der Waals surface area contributed by atoms with Crippen molar-refractivity contribution in [2.75, 3.05) is 12.3 Å². The van der Waals surface area contributed by atoms with Gasteiger partial charge in [0.05, 0.1) is 11.7 Å². The Morgan fingerprint density at radius 2 is 2.25 bits per heavy atom. The van der Waals surface area contributed by atoms with Crippen LogP contribution >= 0.6 is 0 Å². The van der Waals surface area contributed by atoms with E-state index in [1.165, 1.54) is 25.8 Å². The summed E-state index contributed by atoms with van der Waals surface area (Å²) in [6.45, 7) is 5.81. The van der Waals surface area contributed by atoms with Crippen LogP contribution in [0.1, 0.15) is 38.9 Å². The maximum absolute atomic E-state index is 5.83. The number of pyridine rings is 1. The minimum absolute atomic E-state index is 0.613. The van der Waals surface area contributed by atoms with Crippen LogP contribution < -0.4 is 5.73 Å². The summed E-state index contributed by atoms with van der Waals surface area (Å²) in [7, 11) is 0. The summed E-state index contributed by atoms with van der Waals surface area (Å²) in [6.07, 6.45) is 8.93. The number of imidazole rings is 1. The molecular formula is C16H24N4. The Morgan fingerprint density at radius 3 is 3.05 bits per heavy atom. The number of fused-ring (bicyclic) bond motifs is 1. The van der Waals surface area contributed by atoms with Crippen LogP contribution in [0.3, 0.4) is 0 Å². The zero-order chi connectivity index (χ0) is 14.1.